The van der Waals surface area contributed by atoms with E-state index in [4.69, 9.17) is 4.74 Å². The highest BCUT2D eigenvalue weighted by atomic mass is 32.2. The second-order valence-electron chi connectivity index (χ2n) is 7.99. The maximum atomic E-state index is 12.4. The minimum absolute atomic E-state index is 0.151. The Hall–Kier alpha value is -2.55. The average Bonchev–Trinajstić information content (AvgIpc) is 3.21. The molecule has 0 bridgehead atoms. The zero-order chi connectivity index (χ0) is 20.3. The summed E-state index contributed by atoms with van der Waals surface area (Å²) in [5, 5.41) is 5.95. The molecule has 30 heavy (non-hydrogen) atoms. The van der Waals surface area contributed by atoms with Gasteiger partial charge in [-0.05, 0) is 38.2 Å². The first-order valence-corrected chi connectivity index (χ1v) is 11.6. The molecule has 9 heteroatoms. The number of hydrogen-bond donors (Lipinski definition) is 2. The van der Waals surface area contributed by atoms with Crippen LogP contribution in [0.3, 0.4) is 0 Å². The smallest absolute Gasteiger partial charge is 0.319 e. The lowest BCUT2D eigenvalue weighted by Crippen LogP contribution is -2.46. The van der Waals surface area contributed by atoms with Crippen molar-refractivity contribution in [2.24, 2.45) is 0 Å². The first-order valence-electron chi connectivity index (χ1n) is 10.7. The minimum Gasteiger partial charge on any atom is -0.474 e. The number of pyridine rings is 1. The highest BCUT2D eigenvalue weighted by molar-refractivity contribution is 7.99. The molecule has 0 atom stereocenters. The fourth-order valence-corrected chi connectivity index (χ4v) is 5.10. The third kappa shape index (κ3) is 4.30. The third-order valence-corrected chi connectivity index (χ3v) is 7.02. The van der Waals surface area contributed by atoms with Gasteiger partial charge in [0.15, 0.2) is 0 Å². The van der Waals surface area contributed by atoms with Crippen molar-refractivity contribution in [1.82, 2.24) is 20.3 Å². The fourth-order valence-electron chi connectivity index (χ4n) is 3.97. The van der Waals surface area contributed by atoms with Crippen molar-refractivity contribution in [3.63, 3.8) is 0 Å². The van der Waals surface area contributed by atoms with Crippen LogP contribution < -0.4 is 20.3 Å². The summed E-state index contributed by atoms with van der Waals surface area (Å²) in [6.07, 6.45) is 9.85. The number of nitrogens with zero attached hydrogens (tertiary/aromatic N) is 4. The highest BCUT2D eigenvalue weighted by Crippen LogP contribution is 2.37. The molecule has 2 amide bonds. The Morgan fingerprint density at radius 1 is 1.13 bits per heavy atom. The van der Waals surface area contributed by atoms with E-state index in [1.165, 1.54) is 17.0 Å². The standard InChI is InChI=1S/C21H26N6O2S/c28-21(26-15-4-5-18(22-12-15)29-16-2-1-3-16)25-14-6-9-27(10-7-14)20-19-17(8-11-30-19)23-13-24-20/h4-5,12-14,16H,1-3,6-11H2,(H2,25,26,28). The van der Waals surface area contributed by atoms with Crippen LogP contribution in [0.25, 0.3) is 0 Å². The molecule has 2 aromatic heterocycles. The molecule has 2 fully saturated rings. The van der Waals surface area contributed by atoms with Crippen molar-refractivity contribution in [3.05, 3.63) is 30.4 Å². The Labute approximate surface area is 180 Å². The molecular formula is C21H26N6O2S. The SMILES string of the molecule is O=C(Nc1ccc(OC2CCC2)nc1)NC1CCN(c2ncnc3c2SCC3)CC1. The number of carbonyl (C=O) groups is 1. The number of aromatic nitrogens is 3. The Bertz CT molecular complexity index is 897. The van der Waals surface area contributed by atoms with E-state index in [-0.39, 0.29) is 12.1 Å². The second-order valence-corrected chi connectivity index (χ2v) is 9.09. The van der Waals surface area contributed by atoms with Crippen LogP contribution in [-0.2, 0) is 6.42 Å². The predicted molar refractivity (Wildman–Crippen MR) is 116 cm³/mol. The number of thioether (sulfide) groups is 1. The lowest BCUT2D eigenvalue weighted by atomic mass is 9.96. The average molecular weight is 427 g/mol. The summed E-state index contributed by atoms with van der Waals surface area (Å²) in [5.74, 6) is 2.76. The molecule has 3 aliphatic rings. The molecule has 8 nitrogen and oxygen atoms in total. The van der Waals surface area contributed by atoms with Crippen LogP contribution in [0.1, 0.15) is 37.8 Å². The minimum atomic E-state index is -0.193. The first-order chi connectivity index (χ1) is 14.7. The van der Waals surface area contributed by atoms with E-state index in [1.807, 2.05) is 23.9 Å². The fraction of sp³-hybridized carbons (Fsp3) is 0.524. The number of amides is 2. The number of nitrogens with one attached hydrogen (secondary N) is 2. The Morgan fingerprint density at radius 3 is 2.73 bits per heavy atom. The zero-order valence-electron chi connectivity index (χ0n) is 16.8. The van der Waals surface area contributed by atoms with Gasteiger partial charge < -0.3 is 20.3 Å². The lowest BCUT2D eigenvalue weighted by Gasteiger charge is -2.33. The van der Waals surface area contributed by atoms with Gasteiger partial charge >= 0.3 is 6.03 Å². The summed E-state index contributed by atoms with van der Waals surface area (Å²) in [7, 11) is 0. The van der Waals surface area contributed by atoms with Gasteiger partial charge in [-0.2, -0.15) is 0 Å². The number of aryl methyl sites for hydroxylation is 1. The summed E-state index contributed by atoms with van der Waals surface area (Å²) >= 11 is 1.85. The van der Waals surface area contributed by atoms with Crippen LogP contribution in [0.4, 0.5) is 16.3 Å². The van der Waals surface area contributed by atoms with Crippen molar-refractivity contribution >= 4 is 29.3 Å². The molecule has 158 valence electrons. The van der Waals surface area contributed by atoms with Gasteiger partial charge in [0.25, 0.3) is 0 Å². The summed E-state index contributed by atoms with van der Waals surface area (Å²) < 4.78 is 5.75. The van der Waals surface area contributed by atoms with Gasteiger partial charge in [0, 0.05) is 37.4 Å². The molecule has 4 heterocycles. The number of piperidine rings is 1. The Balaban J connectivity index is 1.10. The van der Waals surface area contributed by atoms with Gasteiger partial charge in [0.2, 0.25) is 5.88 Å². The number of fused-ring (bicyclic) bond motifs is 1. The number of rotatable bonds is 5. The third-order valence-electron chi connectivity index (χ3n) is 5.91. The van der Waals surface area contributed by atoms with Crippen LogP contribution in [0.5, 0.6) is 5.88 Å². The molecule has 1 saturated carbocycles. The van der Waals surface area contributed by atoms with Crippen LogP contribution in [-0.4, -0.2) is 52.0 Å². The van der Waals surface area contributed by atoms with Gasteiger partial charge in [0.1, 0.15) is 18.2 Å². The molecule has 5 rings (SSSR count). The van der Waals surface area contributed by atoms with Gasteiger partial charge in [-0.3, -0.25) is 0 Å². The van der Waals surface area contributed by atoms with Crippen molar-refractivity contribution in [3.8, 4) is 5.88 Å². The predicted octanol–water partition coefficient (Wildman–Crippen LogP) is 3.24. The monoisotopic (exact) mass is 426 g/mol. The summed E-state index contributed by atoms with van der Waals surface area (Å²) in [5.41, 5.74) is 1.84. The maximum absolute atomic E-state index is 12.4. The molecule has 0 aromatic carbocycles. The summed E-state index contributed by atoms with van der Waals surface area (Å²) in [6, 6.07) is 3.60. The normalized spacial score (nSPS) is 19.1. The van der Waals surface area contributed by atoms with Gasteiger partial charge in [0.05, 0.1) is 22.5 Å². The quantitative estimate of drug-likeness (QED) is 0.758. The first kappa shape index (κ1) is 19.4. The largest absolute Gasteiger partial charge is 0.474 e. The summed E-state index contributed by atoms with van der Waals surface area (Å²) in [4.78, 5) is 29.2. The van der Waals surface area contributed by atoms with E-state index in [2.05, 4.69) is 30.5 Å². The molecule has 0 spiro atoms. The van der Waals surface area contributed by atoms with E-state index in [9.17, 15) is 4.79 Å². The molecule has 1 aliphatic carbocycles. The Morgan fingerprint density at radius 2 is 2.00 bits per heavy atom. The topological polar surface area (TPSA) is 92.3 Å². The van der Waals surface area contributed by atoms with Crippen LogP contribution >= 0.6 is 11.8 Å². The van der Waals surface area contributed by atoms with E-state index in [1.54, 1.807) is 12.5 Å². The molecule has 0 unspecified atom stereocenters. The van der Waals surface area contributed by atoms with E-state index < -0.39 is 0 Å². The van der Waals surface area contributed by atoms with Crippen LogP contribution in [0.15, 0.2) is 29.6 Å². The highest BCUT2D eigenvalue weighted by Gasteiger charge is 2.26. The second kappa shape index (κ2) is 8.67. The van der Waals surface area contributed by atoms with E-state index in [0.717, 1.165) is 56.8 Å². The molecule has 2 aromatic rings. The molecule has 1 saturated heterocycles. The van der Waals surface area contributed by atoms with E-state index >= 15 is 0 Å². The van der Waals surface area contributed by atoms with Crippen LogP contribution in [0.2, 0.25) is 0 Å². The molecule has 2 N–H and O–H groups in total. The van der Waals surface area contributed by atoms with Crippen molar-refractivity contribution < 1.29 is 9.53 Å². The Kier molecular flexibility index (Phi) is 5.61. The maximum Gasteiger partial charge on any atom is 0.319 e. The van der Waals surface area contributed by atoms with Gasteiger partial charge in [-0.25, -0.2) is 19.7 Å². The molecule has 0 radical (unpaired) electrons. The van der Waals surface area contributed by atoms with Crippen molar-refractivity contribution in [2.75, 3.05) is 29.1 Å². The lowest BCUT2D eigenvalue weighted by molar-refractivity contribution is 0.114. The molecular weight excluding hydrogens is 400 g/mol. The number of anilines is 2. The summed E-state index contributed by atoms with van der Waals surface area (Å²) in [6.45, 7) is 1.76. The number of carbonyl (C=O) groups excluding carboxylic acids is 1. The molecule has 2 aliphatic heterocycles. The number of ether oxygens (including phenoxy) is 1. The number of hydrogen-bond acceptors (Lipinski definition) is 7. The zero-order valence-corrected chi connectivity index (χ0v) is 17.7. The van der Waals surface area contributed by atoms with Gasteiger partial charge in [-0.15, -0.1) is 11.8 Å². The van der Waals surface area contributed by atoms with Crippen molar-refractivity contribution in [2.45, 2.75) is 55.6 Å². The van der Waals surface area contributed by atoms with Crippen molar-refractivity contribution in [1.29, 1.82) is 0 Å². The number of urea groups is 1. The van der Waals surface area contributed by atoms with Gasteiger partial charge in [-0.1, -0.05) is 0 Å². The van der Waals surface area contributed by atoms with E-state index in [0.29, 0.717) is 17.7 Å². The van der Waals surface area contributed by atoms with Crippen LogP contribution in [0, 0.1) is 0 Å².